The Kier molecular flexibility index (Phi) is 4.75. The fraction of sp³-hybridized carbons (Fsp3) is 0.160. The van der Waals surface area contributed by atoms with Crippen LogP contribution in [0, 0.1) is 6.92 Å². The molecule has 5 rings (SSSR count). The van der Waals surface area contributed by atoms with Gasteiger partial charge in [-0.15, -0.1) is 5.10 Å². The van der Waals surface area contributed by atoms with Crippen molar-refractivity contribution >= 4 is 27.8 Å². The standard InChI is InChI=1S/C25H22N4O2/c1-16-25(19-7-3-4-8-21(19)26-16)20(17-11-13-18(31-2)14-12-17)15-24(30)29-23-10-6-5-9-22(23)27-28-29/h3-14,20,26H,15H2,1-2H3. The summed E-state index contributed by atoms with van der Waals surface area (Å²) in [5, 5.41) is 9.39. The maximum atomic E-state index is 13.4. The summed E-state index contributed by atoms with van der Waals surface area (Å²) >= 11 is 0. The van der Waals surface area contributed by atoms with Crippen LogP contribution in [0.3, 0.4) is 0 Å². The molecule has 31 heavy (non-hydrogen) atoms. The van der Waals surface area contributed by atoms with E-state index in [0.717, 1.165) is 39.0 Å². The van der Waals surface area contributed by atoms with Crippen molar-refractivity contribution in [3.8, 4) is 5.75 Å². The molecule has 0 radical (unpaired) electrons. The van der Waals surface area contributed by atoms with Crippen molar-refractivity contribution in [2.24, 2.45) is 0 Å². The van der Waals surface area contributed by atoms with Gasteiger partial charge in [0.1, 0.15) is 11.3 Å². The number of nitrogens with one attached hydrogen (secondary N) is 1. The number of hydrogen-bond acceptors (Lipinski definition) is 4. The number of para-hydroxylation sites is 2. The van der Waals surface area contributed by atoms with Gasteiger partial charge in [0.15, 0.2) is 0 Å². The Hall–Kier alpha value is -3.93. The molecular weight excluding hydrogens is 388 g/mol. The number of hydrogen-bond donors (Lipinski definition) is 1. The smallest absolute Gasteiger partial charge is 0.249 e. The predicted octanol–water partition coefficient (Wildman–Crippen LogP) is 5.09. The van der Waals surface area contributed by atoms with E-state index in [1.807, 2.05) is 60.7 Å². The van der Waals surface area contributed by atoms with Gasteiger partial charge in [-0.1, -0.05) is 47.7 Å². The van der Waals surface area contributed by atoms with E-state index in [-0.39, 0.29) is 18.2 Å². The highest BCUT2D eigenvalue weighted by molar-refractivity contribution is 5.91. The second-order valence-corrected chi connectivity index (χ2v) is 7.62. The summed E-state index contributed by atoms with van der Waals surface area (Å²) in [7, 11) is 1.65. The number of H-pyrrole nitrogens is 1. The number of aromatic nitrogens is 4. The molecule has 154 valence electrons. The lowest BCUT2D eigenvalue weighted by molar-refractivity contribution is 0.0885. The minimum atomic E-state index is -0.141. The van der Waals surface area contributed by atoms with Crippen molar-refractivity contribution < 1.29 is 9.53 Å². The molecule has 0 saturated heterocycles. The van der Waals surface area contributed by atoms with Gasteiger partial charge >= 0.3 is 0 Å². The van der Waals surface area contributed by atoms with Crippen LogP contribution in [-0.4, -0.2) is 33.0 Å². The minimum Gasteiger partial charge on any atom is -0.497 e. The van der Waals surface area contributed by atoms with Crippen LogP contribution in [0.1, 0.15) is 34.0 Å². The second-order valence-electron chi connectivity index (χ2n) is 7.62. The second kappa shape index (κ2) is 7.72. The Labute approximate surface area is 179 Å². The Bertz CT molecular complexity index is 1380. The van der Waals surface area contributed by atoms with Crippen molar-refractivity contribution in [3.63, 3.8) is 0 Å². The van der Waals surface area contributed by atoms with E-state index in [1.165, 1.54) is 4.68 Å². The summed E-state index contributed by atoms with van der Waals surface area (Å²) in [5.74, 6) is 0.545. The first-order valence-electron chi connectivity index (χ1n) is 10.2. The molecule has 6 heteroatoms. The number of fused-ring (bicyclic) bond motifs is 2. The zero-order valence-corrected chi connectivity index (χ0v) is 17.4. The number of aryl methyl sites for hydroxylation is 1. The zero-order valence-electron chi connectivity index (χ0n) is 17.4. The van der Waals surface area contributed by atoms with Crippen LogP contribution in [0.15, 0.2) is 72.8 Å². The van der Waals surface area contributed by atoms with Crippen LogP contribution in [0.5, 0.6) is 5.75 Å². The molecule has 0 bridgehead atoms. The first-order chi connectivity index (χ1) is 15.2. The highest BCUT2D eigenvalue weighted by Crippen LogP contribution is 2.37. The molecule has 3 aromatic carbocycles. The summed E-state index contributed by atoms with van der Waals surface area (Å²) in [6.07, 6.45) is 0.266. The van der Waals surface area contributed by atoms with Crippen LogP contribution in [0.2, 0.25) is 0 Å². The van der Waals surface area contributed by atoms with Crippen LogP contribution in [-0.2, 0) is 0 Å². The molecule has 0 amide bonds. The molecular formula is C25H22N4O2. The summed E-state index contributed by atoms with van der Waals surface area (Å²) < 4.78 is 6.74. The van der Waals surface area contributed by atoms with Crippen molar-refractivity contribution in [2.75, 3.05) is 7.11 Å². The van der Waals surface area contributed by atoms with Gasteiger partial charge in [0.05, 0.1) is 12.6 Å². The monoisotopic (exact) mass is 410 g/mol. The highest BCUT2D eigenvalue weighted by Gasteiger charge is 2.25. The number of aromatic amines is 1. The van der Waals surface area contributed by atoms with E-state index in [9.17, 15) is 4.79 Å². The van der Waals surface area contributed by atoms with Crippen molar-refractivity contribution in [1.82, 2.24) is 20.0 Å². The SMILES string of the molecule is COc1ccc(C(CC(=O)n2nnc3ccccc32)c2c(C)[nH]c3ccccc23)cc1. The van der Waals surface area contributed by atoms with Gasteiger partial charge in [-0.3, -0.25) is 4.79 Å². The van der Waals surface area contributed by atoms with Crippen LogP contribution in [0.4, 0.5) is 0 Å². The van der Waals surface area contributed by atoms with Gasteiger partial charge in [0.2, 0.25) is 5.91 Å². The number of ether oxygens (including phenoxy) is 1. The summed E-state index contributed by atoms with van der Waals surface area (Å²) in [5.41, 5.74) is 5.71. The predicted molar refractivity (Wildman–Crippen MR) is 121 cm³/mol. The lowest BCUT2D eigenvalue weighted by Crippen LogP contribution is -2.17. The third kappa shape index (κ3) is 3.36. The molecule has 1 unspecified atom stereocenters. The summed E-state index contributed by atoms with van der Waals surface area (Å²) in [6, 6.07) is 23.6. The average Bonchev–Trinajstić information content (AvgIpc) is 3.38. The van der Waals surface area contributed by atoms with Gasteiger partial charge in [-0.25, -0.2) is 0 Å². The van der Waals surface area contributed by atoms with Gasteiger partial charge < -0.3 is 9.72 Å². The van der Waals surface area contributed by atoms with Gasteiger partial charge in [-0.2, -0.15) is 4.68 Å². The molecule has 1 atom stereocenters. The fourth-order valence-corrected chi connectivity index (χ4v) is 4.28. The number of rotatable bonds is 5. The number of nitrogens with zero attached hydrogens (tertiary/aromatic N) is 3. The molecule has 0 aliphatic rings. The van der Waals surface area contributed by atoms with Gasteiger partial charge in [-0.05, 0) is 48.4 Å². The fourth-order valence-electron chi connectivity index (χ4n) is 4.28. The van der Waals surface area contributed by atoms with Gasteiger partial charge in [0.25, 0.3) is 0 Å². The van der Waals surface area contributed by atoms with E-state index in [1.54, 1.807) is 7.11 Å². The molecule has 0 aliphatic heterocycles. The van der Waals surface area contributed by atoms with Gasteiger partial charge in [0, 0.05) is 28.9 Å². The quantitative estimate of drug-likeness (QED) is 0.438. The zero-order chi connectivity index (χ0) is 21.4. The third-order valence-electron chi connectivity index (χ3n) is 5.78. The Morgan fingerprint density at radius 1 is 1.03 bits per heavy atom. The first kappa shape index (κ1) is 19.1. The van der Waals surface area contributed by atoms with E-state index in [2.05, 4.69) is 34.4 Å². The first-order valence-corrected chi connectivity index (χ1v) is 10.2. The number of carbonyl (C=O) groups excluding carboxylic acids is 1. The van der Waals surface area contributed by atoms with Crippen LogP contribution < -0.4 is 4.74 Å². The molecule has 6 nitrogen and oxygen atoms in total. The largest absolute Gasteiger partial charge is 0.497 e. The topological polar surface area (TPSA) is 72.8 Å². The molecule has 0 fully saturated rings. The molecule has 0 spiro atoms. The van der Waals surface area contributed by atoms with Crippen molar-refractivity contribution in [1.29, 1.82) is 0 Å². The van der Waals surface area contributed by atoms with Crippen LogP contribution >= 0.6 is 0 Å². The molecule has 2 heterocycles. The molecule has 0 aliphatic carbocycles. The average molecular weight is 410 g/mol. The highest BCUT2D eigenvalue weighted by atomic mass is 16.5. The van der Waals surface area contributed by atoms with E-state index in [4.69, 9.17) is 4.74 Å². The Morgan fingerprint density at radius 2 is 1.77 bits per heavy atom. The van der Waals surface area contributed by atoms with E-state index >= 15 is 0 Å². The number of carbonyl (C=O) groups is 1. The third-order valence-corrected chi connectivity index (χ3v) is 5.78. The maximum Gasteiger partial charge on any atom is 0.249 e. The number of benzene rings is 3. The Balaban J connectivity index is 1.61. The van der Waals surface area contributed by atoms with Crippen molar-refractivity contribution in [2.45, 2.75) is 19.3 Å². The minimum absolute atomic E-state index is 0.0980. The Morgan fingerprint density at radius 3 is 2.58 bits per heavy atom. The molecule has 2 aromatic heterocycles. The lowest BCUT2D eigenvalue weighted by Gasteiger charge is -2.18. The summed E-state index contributed by atoms with van der Waals surface area (Å²) in [6.45, 7) is 2.06. The number of methoxy groups -OCH3 is 1. The maximum absolute atomic E-state index is 13.4. The summed E-state index contributed by atoms with van der Waals surface area (Å²) in [4.78, 5) is 16.9. The normalized spacial score (nSPS) is 12.3. The van der Waals surface area contributed by atoms with Crippen molar-refractivity contribution in [3.05, 3.63) is 89.6 Å². The van der Waals surface area contributed by atoms with E-state index in [0.29, 0.717) is 5.52 Å². The molecule has 1 N–H and O–H groups in total. The lowest BCUT2D eigenvalue weighted by atomic mass is 9.86. The van der Waals surface area contributed by atoms with Crippen LogP contribution in [0.25, 0.3) is 21.9 Å². The molecule has 5 aromatic rings. The molecule has 0 saturated carbocycles. The van der Waals surface area contributed by atoms with E-state index < -0.39 is 0 Å².